The van der Waals surface area contributed by atoms with Crippen LogP contribution >= 0.6 is 0 Å². The predicted molar refractivity (Wildman–Crippen MR) is 173 cm³/mol. The average molecular weight is 623 g/mol. The summed E-state index contributed by atoms with van der Waals surface area (Å²) in [5, 5.41) is 5.70. The predicted octanol–water partition coefficient (Wildman–Crippen LogP) is 5.66. The molecule has 0 N–H and O–H groups in total. The second kappa shape index (κ2) is 12.6. The molecule has 6 aromatic rings. The number of aromatic nitrogens is 4. The molecule has 0 unspecified atom stereocenters. The molecule has 230 valence electrons. The van der Waals surface area contributed by atoms with Gasteiger partial charge in [0.1, 0.15) is 5.54 Å². The molecule has 0 bridgehead atoms. The van der Waals surface area contributed by atoms with Crippen molar-refractivity contribution >= 4 is 21.0 Å². The maximum Gasteiger partial charge on any atom is 0.264 e. The number of fused-ring (bicyclic) bond motifs is 1. The second-order valence-electron chi connectivity index (χ2n) is 10.7. The molecule has 0 saturated heterocycles. The van der Waals surface area contributed by atoms with Crippen molar-refractivity contribution in [2.24, 2.45) is 0 Å². The van der Waals surface area contributed by atoms with Crippen molar-refractivity contribution in [3.8, 4) is 11.5 Å². The molecule has 0 aliphatic heterocycles. The van der Waals surface area contributed by atoms with E-state index in [2.05, 4.69) is 83.6 Å². The van der Waals surface area contributed by atoms with Gasteiger partial charge in [-0.1, -0.05) is 91.0 Å². The lowest BCUT2D eigenvalue weighted by Crippen LogP contribution is -2.36. The lowest BCUT2D eigenvalue weighted by Gasteiger charge is -2.37. The molecule has 4 aromatic carbocycles. The van der Waals surface area contributed by atoms with Crippen molar-refractivity contribution in [1.29, 1.82) is 0 Å². The van der Waals surface area contributed by atoms with Gasteiger partial charge in [-0.2, -0.15) is 13.5 Å². The zero-order valence-electron chi connectivity index (χ0n) is 25.3. The minimum Gasteiger partial charge on any atom is -0.493 e. The van der Waals surface area contributed by atoms with Crippen molar-refractivity contribution in [2.75, 3.05) is 27.1 Å². The molecule has 0 atom stereocenters. The zero-order chi connectivity index (χ0) is 31.4. The van der Waals surface area contributed by atoms with E-state index in [1.54, 1.807) is 14.2 Å². The van der Waals surface area contributed by atoms with Crippen LogP contribution in [0.15, 0.2) is 116 Å². The highest BCUT2D eigenvalue weighted by molar-refractivity contribution is 7.85. The topological polar surface area (TPSA) is 97.5 Å². The molecule has 6 rings (SSSR count). The monoisotopic (exact) mass is 622 g/mol. The first kappa shape index (κ1) is 30.1. The third kappa shape index (κ3) is 5.94. The van der Waals surface area contributed by atoms with Crippen molar-refractivity contribution < 1.29 is 22.1 Å². The van der Waals surface area contributed by atoms with Gasteiger partial charge in [0.15, 0.2) is 11.5 Å². The summed E-state index contributed by atoms with van der Waals surface area (Å²) in [6.07, 6.45) is 5.26. The first-order valence-corrected chi connectivity index (χ1v) is 16.3. The van der Waals surface area contributed by atoms with E-state index in [-0.39, 0.29) is 6.61 Å². The fraction of sp³-hybridized carbons (Fsp3) is 0.200. The van der Waals surface area contributed by atoms with Crippen LogP contribution in [-0.4, -0.2) is 54.8 Å². The number of hydrogen-bond donors (Lipinski definition) is 0. The van der Waals surface area contributed by atoms with Crippen molar-refractivity contribution in [1.82, 2.24) is 19.3 Å². The quantitative estimate of drug-likeness (QED) is 0.128. The van der Waals surface area contributed by atoms with Crippen molar-refractivity contribution in [3.63, 3.8) is 0 Å². The van der Waals surface area contributed by atoms with Gasteiger partial charge in [0.25, 0.3) is 10.1 Å². The van der Waals surface area contributed by atoms with Gasteiger partial charge in [-0.25, -0.2) is 4.98 Å². The Hall–Kier alpha value is -4.93. The van der Waals surface area contributed by atoms with Crippen LogP contribution in [0.3, 0.4) is 0 Å². The third-order valence-electron chi connectivity index (χ3n) is 7.88. The van der Waals surface area contributed by atoms with Gasteiger partial charge in [0, 0.05) is 24.1 Å². The summed E-state index contributed by atoms with van der Waals surface area (Å²) >= 11 is 0. The number of rotatable bonds is 12. The molecule has 0 aliphatic rings. The molecule has 45 heavy (non-hydrogen) atoms. The molecule has 0 saturated carbocycles. The number of nitrogens with zero attached hydrogens (tertiary/aromatic N) is 4. The molecular formula is C35H34N4O5S. The van der Waals surface area contributed by atoms with E-state index in [9.17, 15) is 8.42 Å². The molecule has 0 fully saturated rings. The molecule has 0 amide bonds. The van der Waals surface area contributed by atoms with Crippen LogP contribution < -0.4 is 9.47 Å². The van der Waals surface area contributed by atoms with Crippen LogP contribution in [0, 0.1) is 0 Å². The van der Waals surface area contributed by atoms with Crippen LogP contribution in [0.25, 0.3) is 10.9 Å². The Kier molecular flexibility index (Phi) is 8.42. The Balaban J connectivity index is 1.47. The highest BCUT2D eigenvalue weighted by Crippen LogP contribution is 2.41. The highest BCUT2D eigenvalue weighted by Gasteiger charge is 2.38. The van der Waals surface area contributed by atoms with Crippen molar-refractivity contribution in [2.45, 2.75) is 18.5 Å². The maximum absolute atomic E-state index is 11.6. The second-order valence-corrected chi connectivity index (χ2v) is 12.3. The summed E-state index contributed by atoms with van der Waals surface area (Å²) in [5.74, 6) is 1.12. The van der Waals surface area contributed by atoms with Gasteiger partial charge in [-0.15, -0.1) is 0 Å². The molecular weight excluding hydrogens is 588 g/mol. The van der Waals surface area contributed by atoms with Crippen molar-refractivity contribution in [3.05, 3.63) is 144 Å². The minimum atomic E-state index is -3.58. The van der Waals surface area contributed by atoms with Gasteiger partial charge in [-0.05, 0) is 22.8 Å². The minimum absolute atomic E-state index is 0.0261. The highest BCUT2D eigenvalue weighted by atomic mass is 32.2. The van der Waals surface area contributed by atoms with E-state index in [0.717, 1.165) is 39.5 Å². The Labute approximate surface area is 262 Å². The number of imidazole rings is 1. The fourth-order valence-electron chi connectivity index (χ4n) is 5.93. The van der Waals surface area contributed by atoms with E-state index in [4.69, 9.17) is 23.7 Å². The van der Waals surface area contributed by atoms with E-state index in [1.807, 2.05) is 41.3 Å². The van der Waals surface area contributed by atoms with E-state index in [0.29, 0.717) is 30.2 Å². The number of ether oxygens (including phenoxy) is 2. The molecule has 0 radical (unpaired) electrons. The molecule has 2 aromatic heterocycles. The maximum atomic E-state index is 11.6. The van der Waals surface area contributed by atoms with E-state index in [1.165, 1.54) is 0 Å². The lowest BCUT2D eigenvalue weighted by atomic mass is 9.77. The van der Waals surface area contributed by atoms with Crippen LogP contribution in [-0.2, 0) is 32.8 Å². The Bertz CT molecular complexity index is 1910. The summed E-state index contributed by atoms with van der Waals surface area (Å²) in [4.78, 5) is 4.88. The van der Waals surface area contributed by atoms with Gasteiger partial charge >= 0.3 is 0 Å². The van der Waals surface area contributed by atoms with E-state index < -0.39 is 15.7 Å². The SMILES string of the molecule is COc1cc2c(CCOS(C)(=O)=O)nn(Cc3cn(C(c4ccccc4)(c4ccccc4)c4ccccc4)cn3)c2cc1OC. The van der Waals surface area contributed by atoms with Gasteiger partial charge in [0.05, 0.1) is 56.9 Å². The van der Waals surface area contributed by atoms with Crippen LogP contribution in [0.5, 0.6) is 11.5 Å². The summed E-state index contributed by atoms with van der Waals surface area (Å²) in [5.41, 5.74) is 4.88. The standard InChI is InChI=1S/C35H34N4O5S/c1-42-33-21-30-31(19-20-44-45(3,40)41)37-39(32(30)22-34(33)43-2)24-29-23-38(25-36-29)35(26-13-7-4-8-14-26,27-15-9-5-10-16-27)28-17-11-6-12-18-28/h4-18,21-23,25H,19-20,24H2,1-3H3. The summed E-state index contributed by atoms with van der Waals surface area (Å²) in [6.45, 7) is 0.335. The van der Waals surface area contributed by atoms with E-state index >= 15 is 0 Å². The third-order valence-corrected chi connectivity index (χ3v) is 8.47. The number of benzene rings is 4. The zero-order valence-corrected chi connectivity index (χ0v) is 26.1. The summed E-state index contributed by atoms with van der Waals surface area (Å²) in [7, 11) is -0.423. The molecule has 2 heterocycles. The Morgan fingerprint density at radius 1 is 0.778 bits per heavy atom. The van der Waals surface area contributed by atoms with Gasteiger partial charge in [0.2, 0.25) is 0 Å². The first-order valence-electron chi connectivity index (χ1n) is 14.5. The first-order chi connectivity index (χ1) is 21.8. The van der Waals surface area contributed by atoms with Gasteiger partial charge in [-0.3, -0.25) is 8.86 Å². The lowest BCUT2D eigenvalue weighted by molar-refractivity contribution is 0.324. The number of methoxy groups -OCH3 is 2. The normalized spacial score (nSPS) is 12.0. The van der Waals surface area contributed by atoms with Crippen LogP contribution in [0.1, 0.15) is 28.1 Å². The molecule has 0 spiro atoms. The smallest absolute Gasteiger partial charge is 0.264 e. The molecule has 9 nitrogen and oxygen atoms in total. The van der Waals surface area contributed by atoms with Crippen LogP contribution in [0.4, 0.5) is 0 Å². The fourth-order valence-corrected chi connectivity index (χ4v) is 6.31. The Morgan fingerprint density at radius 2 is 1.31 bits per heavy atom. The van der Waals surface area contributed by atoms with Crippen LogP contribution in [0.2, 0.25) is 0 Å². The molecule has 10 heteroatoms. The molecule has 0 aliphatic carbocycles. The summed E-state index contributed by atoms with van der Waals surface area (Å²) < 4.78 is 43.4. The Morgan fingerprint density at radius 3 is 1.82 bits per heavy atom. The largest absolute Gasteiger partial charge is 0.493 e. The summed E-state index contributed by atoms with van der Waals surface area (Å²) in [6, 6.07) is 35.0. The average Bonchev–Trinajstić information content (AvgIpc) is 3.66. The van der Waals surface area contributed by atoms with Gasteiger partial charge < -0.3 is 14.0 Å². The number of hydrogen-bond acceptors (Lipinski definition) is 7.